The topological polar surface area (TPSA) is 51.2 Å². The van der Waals surface area contributed by atoms with Crippen LogP contribution in [0, 0.1) is 5.82 Å². The number of ether oxygens (including phenoxy) is 1. The number of esters is 1. The molecule has 1 heterocycles. The first-order valence-electron chi connectivity index (χ1n) is 4.75. The Balaban J connectivity index is 2.14. The van der Waals surface area contributed by atoms with Gasteiger partial charge in [-0.1, -0.05) is 6.07 Å². The molecule has 0 aliphatic heterocycles. The summed E-state index contributed by atoms with van der Waals surface area (Å²) in [6, 6.07) is 6.00. The number of halogens is 1. The second kappa shape index (κ2) is 4.92. The fourth-order valence-electron chi connectivity index (χ4n) is 1.22. The third-order valence-corrected chi connectivity index (χ3v) is 2.73. The highest BCUT2D eigenvalue weighted by molar-refractivity contribution is 7.14. The van der Waals surface area contributed by atoms with E-state index >= 15 is 0 Å². The van der Waals surface area contributed by atoms with Gasteiger partial charge in [0.25, 0.3) is 0 Å². The van der Waals surface area contributed by atoms with Crippen LogP contribution in [-0.4, -0.2) is 18.1 Å². The highest BCUT2D eigenvalue weighted by Crippen LogP contribution is 2.21. The van der Waals surface area contributed by atoms with Crippen LogP contribution in [0.4, 0.5) is 15.2 Å². The number of nitrogens with zero attached hydrogens (tertiary/aromatic N) is 1. The number of rotatable bonds is 3. The number of nitrogens with one attached hydrogen (secondary N) is 1. The summed E-state index contributed by atoms with van der Waals surface area (Å²) in [6.07, 6.45) is 0. The van der Waals surface area contributed by atoms with Gasteiger partial charge in [-0.25, -0.2) is 14.2 Å². The highest BCUT2D eigenvalue weighted by atomic mass is 32.1. The van der Waals surface area contributed by atoms with Crippen LogP contribution < -0.4 is 5.32 Å². The molecule has 0 aliphatic rings. The highest BCUT2D eigenvalue weighted by Gasteiger charge is 2.10. The van der Waals surface area contributed by atoms with Crippen molar-refractivity contribution in [3.8, 4) is 0 Å². The summed E-state index contributed by atoms with van der Waals surface area (Å²) < 4.78 is 17.5. The summed E-state index contributed by atoms with van der Waals surface area (Å²) >= 11 is 1.25. The molecule has 2 rings (SSSR count). The van der Waals surface area contributed by atoms with Gasteiger partial charge in [0, 0.05) is 11.1 Å². The molecule has 0 unspecified atom stereocenters. The van der Waals surface area contributed by atoms with Crippen LogP contribution in [0.3, 0.4) is 0 Å². The Labute approximate surface area is 101 Å². The Morgan fingerprint density at radius 2 is 2.35 bits per heavy atom. The van der Waals surface area contributed by atoms with Gasteiger partial charge in [-0.2, -0.15) is 0 Å². The Hall–Kier alpha value is -1.95. The van der Waals surface area contributed by atoms with Crippen molar-refractivity contribution in [3.63, 3.8) is 0 Å². The summed E-state index contributed by atoms with van der Waals surface area (Å²) in [5.41, 5.74) is 0.812. The minimum absolute atomic E-state index is 0.233. The molecule has 17 heavy (non-hydrogen) atoms. The number of methoxy groups -OCH3 is 1. The second-order valence-corrected chi connectivity index (χ2v) is 4.02. The van der Waals surface area contributed by atoms with E-state index in [9.17, 15) is 9.18 Å². The number of carbonyl (C=O) groups excluding carboxylic acids is 1. The van der Waals surface area contributed by atoms with Crippen molar-refractivity contribution >= 4 is 28.1 Å². The molecule has 0 aliphatic carbocycles. The molecular formula is C11H9FN2O2S. The van der Waals surface area contributed by atoms with E-state index in [1.54, 1.807) is 17.5 Å². The van der Waals surface area contributed by atoms with Crippen molar-refractivity contribution in [1.29, 1.82) is 0 Å². The molecule has 4 nitrogen and oxygen atoms in total. The molecule has 1 aromatic heterocycles. The third-order valence-electron chi connectivity index (χ3n) is 1.97. The fraction of sp³-hybridized carbons (Fsp3) is 0.0909. The number of anilines is 2. The first-order valence-corrected chi connectivity index (χ1v) is 5.63. The number of aromatic nitrogens is 1. The summed E-state index contributed by atoms with van der Waals surface area (Å²) in [5.74, 6) is -0.826. The molecule has 1 N–H and O–H groups in total. The van der Waals surface area contributed by atoms with Crippen LogP contribution in [0.1, 0.15) is 10.5 Å². The number of thiazole rings is 1. The molecule has 1 aromatic carbocycles. The predicted octanol–water partition coefficient (Wildman–Crippen LogP) is 2.81. The van der Waals surface area contributed by atoms with Crippen molar-refractivity contribution in [2.45, 2.75) is 0 Å². The fourth-order valence-corrected chi connectivity index (χ4v) is 1.92. The first kappa shape index (κ1) is 11.5. The zero-order valence-electron chi connectivity index (χ0n) is 8.94. The molecule has 6 heteroatoms. The van der Waals surface area contributed by atoms with Gasteiger partial charge in [0.05, 0.1) is 7.11 Å². The summed E-state index contributed by atoms with van der Waals surface area (Å²) in [4.78, 5) is 15.2. The summed E-state index contributed by atoms with van der Waals surface area (Å²) in [5, 5.41) is 4.99. The lowest BCUT2D eigenvalue weighted by atomic mass is 10.3. The average Bonchev–Trinajstić information content (AvgIpc) is 2.76. The van der Waals surface area contributed by atoms with Gasteiger partial charge >= 0.3 is 5.97 Å². The van der Waals surface area contributed by atoms with Crippen LogP contribution >= 0.6 is 11.3 Å². The van der Waals surface area contributed by atoms with Gasteiger partial charge in [-0.3, -0.25) is 0 Å². The average molecular weight is 252 g/mol. The van der Waals surface area contributed by atoms with Gasteiger partial charge in [0.1, 0.15) is 5.82 Å². The molecule has 0 saturated carbocycles. The number of hydrogen-bond acceptors (Lipinski definition) is 5. The van der Waals surface area contributed by atoms with Gasteiger partial charge in [0.15, 0.2) is 10.8 Å². The van der Waals surface area contributed by atoms with Crippen LogP contribution in [0.5, 0.6) is 0 Å². The first-order chi connectivity index (χ1) is 8.19. The van der Waals surface area contributed by atoms with Crippen LogP contribution in [0.2, 0.25) is 0 Å². The third kappa shape index (κ3) is 2.79. The largest absolute Gasteiger partial charge is 0.464 e. The maximum atomic E-state index is 12.9. The number of hydrogen-bond donors (Lipinski definition) is 1. The standard InChI is InChI=1S/C11H9FN2O2S/c1-16-10(15)9-6-17-11(14-9)13-8-4-2-3-7(12)5-8/h2-6H,1H3,(H,13,14). The van der Waals surface area contributed by atoms with Gasteiger partial charge in [-0.05, 0) is 18.2 Å². The van der Waals surface area contributed by atoms with Crippen LogP contribution in [0.15, 0.2) is 29.6 Å². The van der Waals surface area contributed by atoms with Gasteiger partial charge in [0.2, 0.25) is 0 Å². The van der Waals surface area contributed by atoms with Crippen molar-refractivity contribution in [2.75, 3.05) is 12.4 Å². The lowest BCUT2D eigenvalue weighted by molar-refractivity contribution is 0.0595. The number of benzene rings is 1. The van der Waals surface area contributed by atoms with E-state index < -0.39 is 5.97 Å². The van der Waals surface area contributed by atoms with Crippen molar-refractivity contribution in [1.82, 2.24) is 4.98 Å². The second-order valence-electron chi connectivity index (χ2n) is 3.16. The Kier molecular flexibility index (Phi) is 3.34. The Morgan fingerprint density at radius 3 is 3.06 bits per heavy atom. The molecule has 0 saturated heterocycles. The molecule has 88 valence electrons. The minimum atomic E-state index is -0.492. The lowest BCUT2D eigenvalue weighted by Gasteiger charge is -2.01. The number of carbonyl (C=O) groups is 1. The molecule has 0 spiro atoms. The van der Waals surface area contributed by atoms with Gasteiger partial charge < -0.3 is 10.1 Å². The van der Waals surface area contributed by atoms with E-state index in [4.69, 9.17) is 0 Å². The summed E-state index contributed by atoms with van der Waals surface area (Å²) in [6.45, 7) is 0. The van der Waals surface area contributed by atoms with E-state index in [-0.39, 0.29) is 11.5 Å². The monoisotopic (exact) mass is 252 g/mol. The molecule has 0 fully saturated rings. The zero-order chi connectivity index (χ0) is 12.3. The zero-order valence-corrected chi connectivity index (χ0v) is 9.75. The maximum absolute atomic E-state index is 12.9. The Bertz CT molecular complexity index is 542. The van der Waals surface area contributed by atoms with Crippen molar-refractivity contribution < 1.29 is 13.9 Å². The van der Waals surface area contributed by atoms with E-state index in [0.717, 1.165) is 0 Å². The molecule has 0 bridgehead atoms. The molecule has 0 radical (unpaired) electrons. The molecular weight excluding hydrogens is 243 g/mol. The SMILES string of the molecule is COC(=O)c1csc(Nc2cccc(F)c2)n1. The lowest BCUT2D eigenvalue weighted by Crippen LogP contribution is -2.01. The van der Waals surface area contributed by atoms with E-state index in [1.807, 2.05) is 0 Å². The van der Waals surface area contributed by atoms with Gasteiger partial charge in [-0.15, -0.1) is 11.3 Å². The molecule has 2 aromatic rings. The quantitative estimate of drug-likeness (QED) is 0.853. The van der Waals surface area contributed by atoms with E-state index in [1.165, 1.54) is 30.6 Å². The summed E-state index contributed by atoms with van der Waals surface area (Å²) in [7, 11) is 1.29. The van der Waals surface area contributed by atoms with E-state index in [0.29, 0.717) is 10.8 Å². The molecule has 0 atom stereocenters. The van der Waals surface area contributed by atoms with Crippen molar-refractivity contribution in [3.05, 3.63) is 41.2 Å². The Morgan fingerprint density at radius 1 is 1.53 bits per heavy atom. The smallest absolute Gasteiger partial charge is 0.357 e. The van der Waals surface area contributed by atoms with E-state index in [2.05, 4.69) is 15.0 Å². The normalized spacial score (nSPS) is 10.0. The molecule has 0 amide bonds. The maximum Gasteiger partial charge on any atom is 0.357 e. The predicted molar refractivity (Wildman–Crippen MR) is 63.1 cm³/mol. The van der Waals surface area contributed by atoms with Crippen molar-refractivity contribution in [2.24, 2.45) is 0 Å². The minimum Gasteiger partial charge on any atom is -0.464 e. The van der Waals surface area contributed by atoms with Crippen LogP contribution in [-0.2, 0) is 4.74 Å². The van der Waals surface area contributed by atoms with Crippen LogP contribution in [0.25, 0.3) is 0 Å².